The summed E-state index contributed by atoms with van der Waals surface area (Å²) >= 11 is 0. The van der Waals surface area contributed by atoms with Crippen molar-refractivity contribution in [1.82, 2.24) is 20.3 Å². The van der Waals surface area contributed by atoms with E-state index in [0.717, 1.165) is 27.7 Å². The number of nitrogens with zero attached hydrogens (tertiary/aromatic N) is 2. The van der Waals surface area contributed by atoms with Gasteiger partial charge in [0, 0.05) is 18.5 Å². The molecule has 21 heavy (non-hydrogen) atoms. The first-order valence-electron chi connectivity index (χ1n) is 6.92. The maximum atomic E-state index is 12.1. The van der Waals surface area contributed by atoms with E-state index in [0.29, 0.717) is 24.6 Å². The number of hydrogen-bond donors (Lipinski definition) is 2. The second-order valence-electron chi connectivity index (χ2n) is 5.28. The lowest BCUT2D eigenvalue weighted by molar-refractivity contribution is 0.757. The highest BCUT2D eigenvalue weighted by Crippen LogP contribution is 2.22. The van der Waals surface area contributed by atoms with Gasteiger partial charge >= 0.3 is 0 Å². The van der Waals surface area contributed by atoms with Crippen molar-refractivity contribution in [1.29, 1.82) is 0 Å². The lowest BCUT2D eigenvalue weighted by atomic mass is 10.1. The number of rotatable bonds is 1. The minimum Gasteiger partial charge on any atom is -0.307 e. The van der Waals surface area contributed by atoms with Gasteiger partial charge in [-0.25, -0.2) is 9.97 Å². The predicted molar refractivity (Wildman–Crippen MR) is 80.9 cm³/mol. The van der Waals surface area contributed by atoms with Crippen molar-refractivity contribution in [3.63, 3.8) is 0 Å². The lowest BCUT2D eigenvalue weighted by Gasteiger charge is -2.07. The summed E-state index contributed by atoms with van der Waals surface area (Å²) in [4.78, 5) is 24.1. The molecular weight excluding hydrogens is 264 g/mol. The smallest absolute Gasteiger partial charge is 0.256 e. The number of fused-ring (bicyclic) bond motifs is 2. The zero-order chi connectivity index (χ0) is 14.4. The molecule has 1 aliphatic rings. The summed E-state index contributed by atoms with van der Waals surface area (Å²) in [6.45, 7) is 3.27. The molecule has 0 atom stereocenters. The van der Waals surface area contributed by atoms with Gasteiger partial charge in [-0.3, -0.25) is 4.79 Å². The molecule has 5 heteroatoms. The molecule has 2 N–H and O–H groups in total. The summed E-state index contributed by atoms with van der Waals surface area (Å²) in [5, 5.41) is 4.26. The van der Waals surface area contributed by atoms with Crippen molar-refractivity contribution >= 4 is 10.9 Å². The summed E-state index contributed by atoms with van der Waals surface area (Å²) in [7, 11) is 0. The quantitative estimate of drug-likeness (QED) is 0.713. The fraction of sp³-hybridized carbons (Fsp3) is 0.188. The second-order valence-corrected chi connectivity index (χ2v) is 5.28. The van der Waals surface area contributed by atoms with Gasteiger partial charge in [0.25, 0.3) is 5.56 Å². The maximum Gasteiger partial charge on any atom is 0.256 e. The van der Waals surface area contributed by atoms with Gasteiger partial charge in [0.1, 0.15) is 5.69 Å². The van der Waals surface area contributed by atoms with E-state index >= 15 is 0 Å². The van der Waals surface area contributed by atoms with E-state index in [9.17, 15) is 4.79 Å². The van der Waals surface area contributed by atoms with Crippen molar-refractivity contribution in [3.05, 3.63) is 57.5 Å². The van der Waals surface area contributed by atoms with Gasteiger partial charge in [0.2, 0.25) is 0 Å². The van der Waals surface area contributed by atoms with E-state index in [1.807, 2.05) is 37.3 Å². The Morgan fingerprint density at radius 2 is 2.00 bits per heavy atom. The van der Waals surface area contributed by atoms with Crippen LogP contribution in [0.2, 0.25) is 0 Å². The number of nitrogens with one attached hydrogen (secondary N) is 2. The molecule has 3 aromatic rings. The van der Waals surface area contributed by atoms with Crippen LogP contribution in [0, 0.1) is 6.92 Å². The third kappa shape index (κ3) is 1.94. The third-order valence-electron chi connectivity index (χ3n) is 3.86. The predicted octanol–water partition coefficient (Wildman–Crippen LogP) is 1.90. The Kier molecular flexibility index (Phi) is 2.62. The number of H-pyrrole nitrogens is 1. The number of aryl methyl sites for hydroxylation is 1. The van der Waals surface area contributed by atoms with Gasteiger partial charge in [-0.2, -0.15) is 0 Å². The lowest BCUT2D eigenvalue weighted by Crippen LogP contribution is -2.16. The van der Waals surface area contributed by atoms with Gasteiger partial charge in [0.05, 0.1) is 16.8 Å². The van der Waals surface area contributed by atoms with Gasteiger partial charge in [-0.05, 0) is 24.6 Å². The van der Waals surface area contributed by atoms with Crippen molar-refractivity contribution < 1.29 is 0 Å². The van der Waals surface area contributed by atoms with Crippen molar-refractivity contribution in [2.45, 2.75) is 20.0 Å². The highest BCUT2D eigenvalue weighted by molar-refractivity contribution is 5.84. The van der Waals surface area contributed by atoms with Crippen molar-refractivity contribution in [2.24, 2.45) is 0 Å². The summed E-state index contributed by atoms with van der Waals surface area (Å²) in [6, 6.07) is 9.94. The van der Waals surface area contributed by atoms with Crippen LogP contribution in [0.5, 0.6) is 0 Å². The van der Waals surface area contributed by atoms with Crippen LogP contribution in [0.1, 0.15) is 16.8 Å². The van der Waals surface area contributed by atoms with Crippen LogP contribution < -0.4 is 10.9 Å². The molecule has 0 unspecified atom stereocenters. The van der Waals surface area contributed by atoms with Crippen LogP contribution >= 0.6 is 0 Å². The van der Waals surface area contributed by atoms with E-state index in [1.165, 1.54) is 0 Å². The molecule has 0 amide bonds. The molecular formula is C16H14N4O. The molecule has 1 aromatic carbocycles. The molecule has 0 radical (unpaired) electrons. The molecule has 5 nitrogen and oxygen atoms in total. The van der Waals surface area contributed by atoms with Crippen molar-refractivity contribution in [3.8, 4) is 11.5 Å². The average Bonchev–Trinajstić information content (AvgIpc) is 2.96. The van der Waals surface area contributed by atoms with Gasteiger partial charge in [0.15, 0.2) is 5.82 Å². The van der Waals surface area contributed by atoms with Crippen LogP contribution in [-0.4, -0.2) is 15.0 Å². The van der Waals surface area contributed by atoms with E-state index in [2.05, 4.69) is 20.3 Å². The maximum absolute atomic E-state index is 12.1. The number of aromatic nitrogens is 3. The molecule has 0 aliphatic carbocycles. The highest BCUT2D eigenvalue weighted by Gasteiger charge is 2.18. The fourth-order valence-corrected chi connectivity index (χ4v) is 2.77. The normalized spacial score (nSPS) is 13.6. The molecule has 0 saturated carbocycles. The molecule has 0 saturated heterocycles. The minimum atomic E-state index is -0.0763. The second kappa shape index (κ2) is 4.49. The summed E-state index contributed by atoms with van der Waals surface area (Å²) in [5.41, 5.74) is 4.22. The third-order valence-corrected chi connectivity index (χ3v) is 3.86. The molecule has 0 spiro atoms. The van der Waals surface area contributed by atoms with E-state index in [1.54, 1.807) is 0 Å². The SMILES string of the molecule is Cc1cc(-c2nc3c(c(=O)[nH]2)CNC3)nc2ccccc12. The van der Waals surface area contributed by atoms with Crippen LogP contribution in [-0.2, 0) is 13.1 Å². The number of aromatic amines is 1. The van der Waals surface area contributed by atoms with Crippen molar-refractivity contribution in [2.75, 3.05) is 0 Å². The zero-order valence-electron chi connectivity index (χ0n) is 11.6. The van der Waals surface area contributed by atoms with E-state index in [4.69, 9.17) is 0 Å². The average molecular weight is 278 g/mol. The first kappa shape index (κ1) is 12.2. The number of benzene rings is 1. The van der Waals surface area contributed by atoms with E-state index in [-0.39, 0.29) is 5.56 Å². The number of pyridine rings is 1. The largest absolute Gasteiger partial charge is 0.307 e. The standard InChI is InChI=1S/C16H14N4O/c1-9-6-13(18-12-5-3-2-4-10(9)12)15-19-14-8-17-7-11(14)16(21)20-15/h2-6,17H,7-8H2,1H3,(H,19,20,21). The molecule has 104 valence electrons. The Hall–Kier alpha value is -2.53. The van der Waals surface area contributed by atoms with Gasteiger partial charge in [-0.1, -0.05) is 18.2 Å². The molecule has 1 aliphatic heterocycles. The van der Waals surface area contributed by atoms with Crippen LogP contribution in [0.3, 0.4) is 0 Å². The molecule has 0 fully saturated rings. The molecule has 3 heterocycles. The topological polar surface area (TPSA) is 70.7 Å². The molecule has 4 rings (SSSR count). The highest BCUT2D eigenvalue weighted by atomic mass is 16.1. The number of hydrogen-bond acceptors (Lipinski definition) is 4. The van der Waals surface area contributed by atoms with Gasteiger partial charge in [-0.15, -0.1) is 0 Å². The first-order valence-corrected chi connectivity index (χ1v) is 6.92. The Morgan fingerprint density at radius 3 is 2.90 bits per heavy atom. The Bertz CT molecular complexity index is 914. The summed E-state index contributed by atoms with van der Waals surface area (Å²) in [6.07, 6.45) is 0. The van der Waals surface area contributed by atoms with Gasteiger partial charge < -0.3 is 10.3 Å². The summed E-state index contributed by atoms with van der Waals surface area (Å²) < 4.78 is 0. The summed E-state index contributed by atoms with van der Waals surface area (Å²) in [5.74, 6) is 0.538. The van der Waals surface area contributed by atoms with Crippen LogP contribution in [0.25, 0.3) is 22.4 Å². The fourth-order valence-electron chi connectivity index (χ4n) is 2.77. The zero-order valence-corrected chi connectivity index (χ0v) is 11.6. The van der Waals surface area contributed by atoms with Crippen LogP contribution in [0.15, 0.2) is 35.1 Å². The first-order chi connectivity index (χ1) is 10.2. The number of para-hydroxylation sites is 1. The molecule has 0 bridgehead atoms. The monoisotopic (exact) mass is 278 g/mol. The van der Waals surface area contributed by atoms with E-state index < -0.39 is 0 Å². The molecule has 2 aromatic heterocycles. The minimum absolute atomic E-state index is 0.0763. The Labute approximate surface area is 121 Å². The van der Waals surface area contributed by atoms with Crippen LogP contribution in [0.4, 0.5) is 0 Å². The Balaban J connectivity index is 1.95. The Morgan fingerprint density at radius 1 is 1.14 bits per heavy atom.